The molecule has 0 aliphatic heterocycles. The quantitative estimate of drug-likeness (QED) is 0.882. The SMILES string of the molecule is N#CC1(CNc2cc(Cl)ccc2Cl)CCC1. The molecule has 1 saturated carbocycles. The van der Waals surface area contributed by atoms with E-state index in [4.69, 9.17) is 28.5 Å². The Labute approximate surface area is 105 Å². The molecule has 1 aliphatic rings. The van der Waals surface area contributed by atoms with Crippen molar-refractivity contribution >= 4 is 28.9 Å². The lowest BCUT2D eigenvalue weighted by atomic mass is 9.70. The van der Waals surface area contributed by atoms with Crippen molar-refractivity contribution in [2.75, 3.05) is 11.9 Å². The number of nitriles is 1. The molecule has 0 unspecified atom stereocenters. The van der Waals surface area contributed by atoms with E-state index in [1.165, 1.54) is 0 Å². The maximum absolute atomic E-state index is 9.09. The molecular weight excluding hydrogens is 243 g/mol. The maximum atomic E-state index is 9.09. The van der Waals surface area contributed by atoms with Crippen LogP contribution in [0.2, 0.25) is 10.0 Å². The maximum Gasteiger partial charge on any atom is 0.0746 e. The summed E-state index contributed by atoms with van der Waals surface area (Å²) in [5.41, 5.74) is 0.599. The summed E-state index contributed by atoms with van der Waals surface area (Å²) in [6.45, 7) is 0.642. The lowest BCUT2D eigenvalue weighted by Crippen LogP contribution is -2.35. The van der Waals surface area contributed by atoms with E-state index >= 15 is 0 Å². The third kappa shape index (κ3) is 2.26. The van der Waals surface area contributed by atoms with Gasteiger partial charge in [-0.3, -0.25) is 0 Å². The Morgan fingerprint density at radius 2 is 2.12 bits per heavy atom. The molecule has 1 aromatic rings. The molecular formula is C12H12Cl2N2. The highest BCUT2D eigenvalue weighted by Gasteiger charge is 2.36. The predicted octanol–water partition coefficient (Wildman–Crippen LogP) is 4.10. The molecule has 0 bridgehead atoms. The van der Waals surface area contributed by atoms with Crippen LogP contribution in [-0.2, 0) is 0 Å². The molecule has 0 amide bonds. The normalized spacial score (nSPS) is 17.3. The van der Waals surface area contributed by atoms with Crippen molar-refractivity contribution in [3.05, 3.63) is 28.2 Å². The van der Waals surface area contributed by atoms with Crippen LogP contribution in [0.3, 0.4) is 0 Å². The van der Waals surface area contributed by atoms with Gasteiger partial charge in [0, 0.05) is 11.6 Å². The summed E-state index contributed by atoms with van der Waals surface area (Å²) < 4.78 is 0. The third-order valence-corrected chi connectivity index (χ3v) is 3.66. The minimum absolute atomic E-state index is 0.203. The van der Waals surface area contributed by atoms with E-state index in [1.807, 2.05) is 0 Å². The molecule has 0 saturated heterocycles. The first-order chi connectivity index (χ1) is 7.65. The summed E-state index contributed by atoms with van der Waals surface area (Å²) in [6.07, 6.45) is 3.07. The van der Waals surface area contributed by atoms with Crippen molar-refractivity contribution in [2.45, 2.75) is 19.3 Å². The number of hydrogen-bond donors (Lipinski definition) is 1. The van der Waals surface area contributed by atoms with Gasteiger partial charge in [-0.2, -0.15) is 5.26 Å². The Balaban J connectivity index is 2.05. The van der Waals surface area contributed by atoms with E-state index in [1.54, 1.807) is 18.2 Å². The van der Waals surface area contributed by atoms with Crippen molar-refractivity contribution in [2.24, 2.45) is 5.41 Å². The van der Waals surface area contributed by atoms with Crippen LogP contribution >= 0.6 is 23.2 Å². The van der Waals surface area contributed by atoms with Gasteiger partial charge in [-0.05, 0) is 31.0 Å². The molecule has 16 heavy (non-hydrogen) atoms. The topological polar surface area (TPSA) is 35.8 Å². The standard InChI is InChI=1S/C12H12Cl2N2/c13-9-2-3-10(14)11(6-9)16-8-12(7-15)4-1-5-12/h2-3,6,16H,1,4-5,8H2. The molecule has 0 aromatic heterocycles. The van der Waals surface area contributed by atoms with Gasteiger partial charge in [-0.1, -0.05) is 29.6 Å². The monoisotopic (exact) mass is 254 g/mol. The number of halogens is 2. The Morgan fingerprint density at radius 1 is 1.38 bits per heavy atom. The molecule has 2 nitrogen and oxygen atoms in total. The molecule has 1 aliphatic carbocycles. The second-order valence-corrected chi connectivity index (χ2v) is 5.07. The van der Waals surface area contributed by atoms with Gasteiger partial charge >= 0.3 is 0 Å². The highest BCUT2D eigenvalue weighted by atomic mass is 35.5. The fourth-order valence-electron chi connectivity index (χ4n) is 1.83. The first kappa shape index (κ1) is 11.6. The van der Waals surface area contributed by atoms with Gasteiger partial charge in [0.2, 0.25) is 0 Å². The Hall–Kier alpha value is -0.910. The molecule has 2 rings (SSSR count). The molecule has 1 N–H and O–H groups in total. The number of anilines is 1. The minimum Gasteiger partial charge on any atom is -0.382 e. The predicted molar refractivity (Wildman–Crippen MR) is 66.8 cm³/mol. The van der Waals surface area contributed by atoms with Crippen molar-refractivity contribution in [1.82, 2.24) is 0 Å². The van der Waals surface area contributed by atoms with Crippen molar-refractivity contribution < 1.29 is 0 Å². The Morgan fingerprint density at radius 3 is 2.69 bits per heavy atom. The molecule has 1 fully saturated rings. The van der Waals surface area contributed by atoms with Crippen LogP contribution in [0, 0.1) is 16.7 Å². The summed E-state index contributed by atoms with van der Waals surface area (Å²) in [5.74, 6) is 0. The zero-order valence-corrected chi connectivity index (χ0v) is 10.3. The average molecular weight is 255 g/mol. The van der Waals surface area contributed by atoms with Gasteiger partial charge < -0.3 is 5.32 Å². The van der Waals surface area contributed by atoms with Crippen LogP contribution in [0.4, 0.5) is 5.69 Å². The zero-order valence-electron chi connectivity index (χ0n) is 8.76. The van der Waals surface area contributed by atoms with E-state index < -0.39 is 0 Å². The van der Waals surface area contributed by atoms with Crippen LogP contribution in [0.1, 0.15) is 19.3 Å². The van der Waals surface area contributed by atoms with Gasteiger partial charge in [0.1, 0.15) is 0 Å². The van der Waals surface area contributed by atoms with Gasteiger partial charge in [0.15, 0.2) is 0 Å². The van der Waals surface area contributed by atoms with Gasteiger partial charge in [0.05, 0.1) is 22.2 Å². The van der Waals surface area contributed by atoms with E-state index in [0.717, 1.165) is 24.9 Å². The molecule has 0 radical (unpaired) electrons. The van der Waals surface area contributed by atoms with Gasteiger partial charge in [-0.25, -0.2) is 0 Å². The molecule has 1 aromatic carbocycles. The molecule has 0 atom stereocenters. The van der Waals surface area contributed by atoms with E-state index in [0.29, 0.717) is 16.6 Å². The summed E-state index contributed by atoms with van der Waals surface area (Å²) in [7, 11) is 0. The van der Waals surface area contributed by atoms with E-state index in [-0.39, 0.29) is 5.41 Å². The van der Waals surface area contributed by atoms with Crippen LogP contribution in [0.15, 0.2) is 18.2 Å². The Kier molecular flexibility index (Phi) is 3.28. The lowest BCUT2D eigenvalue weighted by molar-refractivity contribution is 0.233. The average Bonchev–Trinajstić information content (AvgIpc) is 2.22. The summed E-state index contributed by atoms with van der Waals surface area (Å²) in [4.78, 5) is 0. The van der Waals surface area contributed by atoms with Crippen LogP contribution in [0.5, 0.6) is 0 Å². The largest absolute Gasteiger partial charge is 0.382 e. The molecule has 0 heterocycles. The number of nitrogens with one attached hydrogen (secondary N) is 1. The van der Waals surface area contributed by atoms with Gasteiger partial charge in [-0.15, -0.1) is 0 Å². The van der Waals surface area contributed by atoms with Crippen LogP contribution < -0.4 is 5.32 Å². The second kappa shape index (κ2) is 4.53. The fourth-order valence-corrected chi connectivity index (χ4v) is 2.19. The van der Waals surface area contributed by atoms with Gasteiger partial charge in [0.25, 0.3) is 0 Å². The summed E-state index contributed by atoms with van der Waals surface area (Å²) in [5, 5.41) is 13.6. The first-order valence-corrected chi connectivity index (χ1v) is 6.01. The number of benzene rings is 1. The highest BCUT2D eigenvalue weighted by molar-refractivity contribution is 6.35. The van der Waals surface area contributed by atoms with E-state index in [9.17, 15) is 0 Å². The first-order valence-electron chi connectivity index (χ1n) is 5.25. The number of rotatable bonds is 3. The van der Waals surface area contributed by atoms with Crippen molar-refractivity contribution in [1.29, 1.82) is 5.26 Å². The molecule has 0 spiro atoms. The lowest BCUT2D eigenvalue weighted by Gasteiger charge is -2.35. The zero-order chi connectivity index (χ0) is 11.6. The fraction of sp³-hybridized carbons (Fsp3) is 0.417. The number of hydrogen-bond acceptors (Lipinski definition) is 2. The highest BCUT2D eigenvalue weighted by Crippen LogP contribution is 2.40. The van der Waals surface area contributed by atoms with Crippen molar-refractivity contribution in [3.8, 4) is 6.07 Å². The van der Waals surface area contributed by atoms with Crippen LogP contribution in [0.25, 0.3) is 0 Å². The second-order valence-electron chi connectivity index (χ2n) is 4.22. The van der Waals surface area contributed by atoms with E-state index in [2.05, 4.69) is 11.4 Å². The Bertz CT molecular complexity index is 433. The summed E-state index contributed by atoms with van der Waals surface area (Å²) in [6, 6.07) is 7.67. The molecule has 84 valence electrons. The summed E-state index contributed by atoms with van der Waals surface area (Å²) >= 11 is 11.9. The third-order valence-electron chi connectivity index (χ3n) is 3.09. The minimum atomic E-state index is -0.203. The van der Waals surface area contributed by atoms with Crippen LogP contribution in [-0.4, -0.2) is 6.54 Å². The molecule has 4 heteroatoms. The number of nitrogens with zero attached hydrogens (tertiary/aromatic N) is 1. The van der Waals surface area contributed by atoms with Crippen molar-refractivity contribution in [3.63, 3.8) is 0 Å². The smallest absolute Gasteiger partial charge is 0.0746 e.